The molecule has 4 aromatic rings. The van der Waals surface area contributed by atoms with Gasteiger partial charge in [0.05, 0.1) is 6.29 Å². The summed E-state index contributed by atoms with van der Waals surface area (Å²) in [6.07, 6.45) is 14.0. The van der Waals surface area contributed by atoms with E-state index < -0.39 is 11.8 Å². The number of esters is 1. The fourth-order valence-corrected chi connectivity index (χ4v) is 5.06. The van der Waals surface area contributed by atoms with Crippen LogP contribution in [0.25, 0.3) is 10.8 Å². The van der Waals surface area contributed by atoms with Crippen LogP contribution in [0.4, 0.5) is 4.39 Å². The fourth-order valence-electron chi connectivity index (χ4n) is 4.84. The van der Waals surface area contributed by atoms with Crippen molar-refractivity contribution >= 4 is 41.9 Å². The molecule has 0 amide bonds. The van der Waals surface area contributed by atoms with E-state index in [1.807, 2.05) is 48.8 Å². The second kappa shape index (κ2) is 23.6. The molecule has 1 fully saturated rings. The van der Waals surface area contributed by atoms with Gasteiger partial charge in [0.15, 0.2) is 0 Å². The average Bonchev–Trinajstić information content (AvgIpc) is 3.06. The number of nitrogens with one attached hydrogen (secondary N) is 1. The first kappa shape index (κ1) is 41.4. The fraction of sp³-hybridized carbons (Fsp3) is 0.297. The van der Waals surface area contributed by atoms with Crippen LogP contribution in [0.15, 0.2) is 72.8 Å². The Hall–Kier alpha value is -1.67. The number of thiol groups is 1. The minimum absolute atomic E-state index is 0. The zero-order chi connectivity index (χ0) is 30.9. The van der Waals surface area contributed by atoms with Crippen LogP contribution in [0.1, 0.15) is 90.8 Å². The Balaban J connectivity index is 0.000000403. The van der Waals surface area contributed by atoms with Crippen molar-refractivity contribution in [2.45, 2.75) is 63.7 Å². The summed E-state index contributed by atoms with van der Waals surface area (Å²) in [5.41, 5.74) is 2.47. The standard InChI is InChI=1S/C20H19FNO2.C11H6O.C6H13S.2U/c21-18-8-4-7-16(12-18)20(23)24-19-10-9-15(11-17(19)13-22)14-5-2-1-3-6-14;12-8-9-5-6-10-3-1-2-4-11(10)7-9;1-2-3-4-5-6-7;;/h4,7,9-14,22H,1-3,5-6H2;2-7H;7H,1-6H2;;/q-1;-2;-1;2*+2. The maximum absolute atomic E-state index is 13.2. The molecule has 4 aromatic carbocycles. The molecule has 1 N–H and O–H groups in total. The Labute approximate surface area is 320 Å². The Morgan fingerprint density at radius 3 is 2.44 bits per heavy atom. The molecule has 45 heavy (non-hydrogen) atoms. The van der Waals surface area contributed by atoms with Crippen LogP contribution >= 0.6 is 12.6 Å². The second-order valence-electron chi connectivity index (χ2n) is 10.3. The Bertz CT molecular complexity index is 1470. The zero-order valence-corrected chi connectivity index (χ0v) is 34.6. The van der Waals surface area contributed by atoms with E-state index in [4.69, 9.17) is 10.1 Å². The molecule has 4 nitrogen and oxygen atoms in total. The van der Waals surface area contributed by atoms with E-state index >= 15 is 0 Å². The Kier molecular flexibility index (Phi) is 21.7. The van der Waals surface area contributed by atoms with Gasteiger partial charge < -0.3 is 21.9 Å². The van der Waals surface area contributed by atoms with E-state index in [-0.39, 0.29) is 67.8 Å². The number of rotatable bonds is 9. The molecule has 0 unspecified atom stereocenters. The van der Waals surface area contributed by atoms with Gasteiger partial charge in [-0.15, -0.1) is 12.1 Å². The van der Waals surface area contributed by atoms with Crippen molar-refractivity contribution in [1.82, 2.24) is 0 Å². The van der Waals surface area contributed by atoms with Crippen molar-refractivity contribution in [1.29, 1.82) is 5.41 Å². The molecule has 1 saturated carbocycles. The van der Waals surface area contributed by atoms with Crippen LogP contribution in [0.2, 0.25) is 0 Å². The molecule has 0 aromatic heterocycles. The summed E-state index contributed by atoms with van der Waals surface area (Å²) >= 11 is 4.07. The number of hydrogen-bond acceptors (Lipinski definition) is 5. The van der Waals surface area contributed by atoms with Crippen molar-refractivity contribution in [3.8, 4) is 5.75 Å². The van der Waals surface area contributed by atoms with Gasteiger partial charge in [0.1, 0.15) is 5.75 Å². The predicted molar refractivity (Wildman–Crippen MR) is 176 cm³/mol. The van der Waals surface area contributed by atoms with Crippen LogP contribution in [0.3, 0.4) is 0 Å². The summed E-state index contributed by atoms with van der Waals surface area (Å²) in [5.74, 6) is 0.615. The smallest absolute Gasteiger partial charge is 0.424 e. The average molecular weight is 1070 g/mol. The molecule has 0 bridgehead atoms. The first-order valence-electron chi connectivity index (χ1n) is 14.7. The minimum Gasteiger partial charge on any atom is -0.424 e. The van der Waals surface area contributed by atoms with E-state index in [1.54, 1.807) is 12.1 Å². The van der Waals surface area contributed by atoms with E-state index in [1.165, 1.54) is 62.4 Å². The van der Waals surface area contributed by atoms with E-state index in [0.717, 1.165) is 41.9 Å². The zero-order valence-electron chi connectivity index (χ0n) is 25.4. The summed E-state index contributed by atoms with van der Waals surface area (Å²) in [6.45, 7) is 3.73. The Morgan fingerprint density at radius 1 is 1.00 bits per heavy atom. The van der Waals surface area contributed by atoms with Gasteiger partial charge in [-0.05, 0) is 54.2 Å². The minimum atomic E-state index is -0.642. The molecule has 5 rings (SSSR count). The van der Waals surface area contributed by atoms with Crippen LogP contribution in [-0.4, -0.2) is 24.2 Å². The number of carbonyl (C=O) groups is 1. The molecule has 0 saturated heterocycles. The quantitative estimate of drug-likeness (QED) is 0.0439. The third-order valence-corrected chi connectivity index (χ3v) is 7.50. The summed E-state index contributed by atoms with van der Waals surface area (Å²) < 4.78 is 18.5. The molecular weight excluding hydrogens is 1030 g/mol. The number of halogens is 1. The van der Waals surface area contributed by atoms with Crippen LogP contribution in [0.5, 0.6) is 5.75 Å². The van der Waals surface area contributed by atoms with Gasteiger partial charge in [0.25, 0.3) is 0 Å². The van der Waals surface area contributed by atoms with Crippen molar-refractivity contribution in [2.75, 3.05) is 5.75 Å². The van der Waals surface area contributed by atoms with Crippen LogP contribution < -0.4 is 4.74 Å². The molecular formula is C37H38FNO3SU2. The van der Waals surface area contributed by atoms with Crippen molar-refractivity contribution in [3.63, 3.8) is 0 Å². The monoisotopic (exact) mass is 1070 g/mol. The second-order valence-corrected chi connectivity index (χ2v) is 10.8. The number of hydrogen-bond donors (Lipinski definition) is 2. The maximum atomic E-state index is 13.2. The van der Waals surface area contributed by atoms with Gasteiger partial charge in [-0.1, -0.05) is 38.2 Å². The first-order chi connectivity index (χ1) is 21.0. The van der Waals surface area contributed by atoms with Gasteiger partial charge in [0.2, 0.25) is 0 Å². The van der Waals surface area contributed by atoms with Crippen LogP contribution in [-0.2, 0) is 4.79 Å². The summed E-state index contributed by atoms with van der Waals surface area (Å²) in [6, 6.07) is 25.9. The largest absolute Gasteiger partial charge is 2.00 e. The normalized spacial score (nSPS) is 12.2. The molecule has 1 aliphatic carbocycles. The first-order valence-corrected chi connectivity index (χ1v) is 15.3. The molecule has 0 radical (unpaired) electrons. The van der Waals surface area contributed by atoms with Gasteiger partial charge in [-0.25, -0.2) is 9.18 Å². The van der Waals surface area contributed by atoms with Crippen molar-refractivity contribution < 1.29 is 80.9 Å². The molecule has 0 spiro atoms. The number of unbranched alkanes of at least 4 members (excludes halogenated alkanes) is 3. The van der Waals surface area contributed by atoms with E-state index in [0.29, 0.717) is 22.8 Å². The molecule has 1 aliphatic rings. The predicted octanol–water partition coefficient (Wildman–Crippen LogP) is 9.30. The summed E-state index contributed by atoms with van der Waals surface area (Å²) in [4.78, 5) is 22.5. The third kappa shape index (κ3) is 14.3. The van der Waals surface area contributed by atoms with Gasteiger partial charge in [0, 0.05) is 17.6 Å². The van der Waals surface area contributed by atoms with E-state index in [2.05, 4.69) is 31.7 Å². The molecule has 230 valence electrons. The third-order valence-electron chi connectivity index (χ3n) is 7.18. The number of ether oxygens (including phenoxy) is 1. The molecule has 0 heterocycles. The SMILES string of the molecule is N=Cc1cc(C2CCCCC2)ccc1OC(=O)c1cc[c-]c(F)c1.O=[C-]c1ccc2c[c-]ccc2c1.[CH2-]CCCCCS.[U+2].[U+2]. The molecule has 8 heteroatoms. The van der Waals surface area contributed by atoms with Gasteiger partial charge in [-0.3, -0.25) is 0 Å². The number of benzene rings is 4. The van der Waals surface area contributed by atoms with E-state index in [9.17, 15) is 14.0 Å². The Morgan fingerprint density at radius 2 is 1.78 bits per heavy atom. The van der Waals surface area contributed by atoms with Crippen molar-refractivity contribution in [2.24, 2.45) is 0 Å². The maximum Gasteiger partial charge on any atom is 2.00 e. The molecule has 0 atom stereocenters. The van der Waals surface area contributed by atoms with Gasteiger partial charge >= 0.3 is 68.2 Å². The molecule has 0 aliphatic heterocycles. The van der Waals surface area contributed by atoms with Crippen molar-refractivity contribution in [3.05, 3.63) is 120 Å². The summed E-state index contributed by atoms with van der Waals surface area (Å²) in [7, 11) is 0. The number of carbonyl (C=O) groups excluding carboxylic acids is 2. The van der Waals surface area contributed by atoms with Crippen LogP contribution in [0, 0.1) is 92.5 Å². The summed E-state index contributed by atoms with van der Waals surface area (Å²) in [5, 5.41) is 9.74. The van der Waals surface area contributed by atoms with Gasteiger partial charge in [-0.2, -0.15) is 90.0 Å². The topological polar surface area (TPSA) is 67.2 Å². The number of fused-ring (bicyclic) bond motifs is 1.